The summed E-state index contributed by atoms with van der Waals surface area (Å²) >= 11 is 1.82. The Labute approximate surface area is 219 Å². The molecule has 0 saturated heterocycles. The molecule has 3 rings (SSSR count). The Morgan fingerprint density at radius 1 is 1.33 bits per heavy atom. The summed E-state index contributed by atoms with van der Waals surface area (Å²) in [6.45, 7) is 5.17. The molecule has 2 atom stereocenters. The normalized spacial score (nSPS) is 17.1. The fourth-order valence-corrected chi connectivity index (χ4v) is 4.69. The molecule has 0 bridgehead atoms. The molecule has 1 saturated carbocycles. The highest BCUT2D eigenvalue weighted by Gasteiger charge is 2.42. The van der Waals surface area contributed by atoms with Crippen molar-refractivity contribution in [1.82, 2.24) is 4.98 Å². The standard InChI is InChI=1S/C30H35NO4S/c1-5-6-13-26(14-8-11-24-19-27(24)30(32)33)35-20-23-10-7-12-25(18-23)29-21(2)17-28(31-22(29)3)34-15-9-16-36-4/h1,6-7,10,12-14,17-18,24,27H,8-9,11,15-16,19-20H2,2-4H3,(H,32,33)/b13-6-,26-14+/t24-,27?/m1/s1. The minimum Gasteiger partial charge on any atom is -0.489 e. The van der Waals surface area contributed by atoms with E-state index in [1.54, 1.807) is 12.2 Å². The Balaban J connectivity index is 1.65. The summed E-state index contributed by atoms with van der Waals surface area (Å²) in [7, 11) is 0. The monoisotopic (exact) mass is 505 g/mol. The number of carboxylic acids is 1. The Morgan fingerprint density at radius 3 is 2.86 bits per heavy atom. The average Bonchev–Trinajstić information content (AvgIpc) is 3.63. The zero-order valence-electron chi connectivity index (χ0n) is 21.3. The number of hydrogen-bond donors (Lipinski definition) is 1. The lowest BCUT2D eigenvalue weighted by molar-refractivity contribution is -0.138. The highest BCUT2D eigenvalue weighted by Crippen LogP contribution is 2.42. The predicted octanol–water partition coefficient (Wildman–Crippen LogP) is 6.59. The Bertz CT molecular complexity index is 1120. The lowest BCUT2D eigenvalue weighted by Crippen LogP contribution is -2.03. The molecule has 1 heterocycles. The smallest absolute Gasteiger partial charge is 0.306 e. The first-order valence-electron chi connectivity index (χ1n) is 12.3. The molecular weight excluding hydrogens is 470 g/mol. The van der Waals surface area contributed by atoms with Gasteiger partial charge in [-0.2, -0.15) is 11.8 Å². The van der Waals surface area contributed by atoms with Crippen molar-refractivity contribution in [3.63, 3.8) is 0 Å². The first kappa shape index (κ1) is 27.4. The fraction of sp³-hybridized carbons (Fsp3) is 0.400. The molecule has 1 fully saturated rings. The van der Waals surface area contributed by atoms with E-state index in [1.807, 2.05) is 43.0 Å². The van der Waals surface area contributed by atoms with Gasteiger partial charge in [0.15, 0.2) is 0 Å². The molecule has 1 aliphatic carbocycles. The van der Waals surface area contributed by atoms with Crippen molar-refractivity contribution in [3.05, 3.63) is 71.1 Å². The second-order valence-corrected chi connectivity index (χ2v) is 10.0. The third kappa shape index (κ3) is 8.20. The van der Waals surface area contributed by atoms with Crippen molar-refractivity contribution in [2.75, 3.05) is 18.6 Å². The van der Waals surface area contributed by atoms with Crippen molar-refractivity contribution in [2.45, 2.75) is 46.1 Å². The molecule has 0 radical (unpaired) electrons. The minimum atomic E-state index is -0.693. The number of terminal acetylenes is 1. The van der Waals surface area contributed by atoms with Crippen LogP contribution in [-0.2, 0) is 16.1 Å². The summed E-state index contributed by atoms with van der Waals surface area (Å²) < 4.78 is 11.9. The number of hydrogen-bond acceptors (Lipinski definition) is 5. The average molecular weight is 506 g/mol. The van der Waals surface area contributed by atoms with E-state index in [-0.39, 0.29) is 11.8 Å². The van der Waals surface area contributed by atoms with Gasteiger partial charge in [-0.25, -0.2) is 4.98 Å². The van der Waals surface area contributed by atoms with E-state index in [4.69, 9.17) is 21.0 Å². The Hall–Kier alpha value is -3.17. The molecule has 0 aliphatic heterocycles. The zero-order valence-corrected chi connectivity index (χ0v) is 22.1. The van der Waals surface area contributed by atoms with Crippen LogP contribution < -0.4 is 4.74 Å². The van der Waals surface area contributed by atoms with Gasteiger partial charge in [-0.3, -0.25) is 4.79 Å². The fourth-order valence-electron chi connectivity index (χ4n) is 4.28. The summed E-state index contributed by atoms with van der Waals surface area (Å²) in [4.78, 5) is 15.7. The largest absolute Gasteiger partial charge is 0.489 e. The first-order valence-corrected chi connectivity index (χ1v) is 13.7. The number of aryl methyl sites for hydroxylation is 2. The van der Waals surface area contributed by atoms with Crippen LogP contribution in [-0.4, -0.2) is 34.7 Å². The number of rotatable bonds is 14. The van der Waals surface area contributed by atoms with Gasteiger partial charge in [0.05, 0.1) is 12.5 Å². The molecule has 0 amide bonds. The van der Waals surface area contributed by atoms with Crippen molar-refractivity contribution in [2.24, 2.45) is 11.8 Å². The van der Waals surface area contributed by atoms with Crippen LogP contribution in [0, 0.1) is 38.0 Å². The Morgan fingerprint density at radius 2 is 2.17 bits per heavy atom. The molecule has 6 heteroatoms. The second kappa shape index (κ2) is 13.8. The SMILES string of the molecule is C#C/C=C\C(=C/CC[C@@H]1CC1C(=O)O)OCc1cccc(-c2c(C)cc(OCCCSC)nc2C)c1. The van der Waals surface area contributed by atoms with E-state index < -0.39 is 5.97 Å². The van der Waals surface area contributed by atoms with Gasteiger partial charge >= 0.3 is 5.97 Å². The maximum absolute atomic E-state index is 11.0. The van der Waals surface area contributed by atoms with E-state index in [2.05, 4.69) is 36.2 Å². The van der Waals surface area contributed by atoms with Gasteiger partial charge in [0.1, 0.15) is 12.4 Å². The van der Waals surface area contributed by atoms with E-state index >= 15 is 0 Å². The van der Waals surface area contributed by atoms with Crippen molar-refractivity contribution < 1.29 is 19.4 Å². The van der Waals surface area contributed by atoms with E-state index in [1.165, 1.54) is 0 Å². The maximum Gasteiger partial charge on any atom is 0.306 e. The molecule has 190 valence electrons. The predicted molar refractivity (Wildman–Crippen MR) is 147 cm³/mol. The van der Waals surface area contributed by atoms with Gasteiger partial charge in [-0.05, 0) is 98.4 Å². The number of nitrogens with zero attached hydrogens (tertiary/aromatic N) is 1. The number of aliphatic carboxylic acids is 1. The van der Waals surface area contributed by atoms with Crippen LogP contribution in [0.3, 0.4) is 0 Å². The highest BCUT2D eigenvalue weighted by atomic mass is 32.2. The first-order chi connectivity index (χ1) is 17.4. The van der Waals surface area contributed by atoms with Crippen LogP contribution >= 0.6 is 11.8 Å². The van der Waals surface area contributed by atoms with Crippen LogP contribution in [0.25, 0.3) is 11.1 Å². The van der Waals surface area contributed by atoms with Crippen molar-refractivity contribution in [1.29, 1.82) is 0 Å². The highest BCUT2D eigenvalue weighted by molar-refractivity contribution is 7.98. The number of thioether (sulfide) groups is 1. The van der Waals surface area contributed by atoms with Crippen molar-refractivity contribution >= 4 is 17.7 Å². The van der Waals surface area contributed by atoms with Crippen molar-refractivity contribution in [3.8, 4) is 29.4 Å². The lowest BCUT2D eigenvalue weighted by Gasteiger charge is -2.14. The van der Waals surface area contributed by atoms with Gasteiger partial charge in [0.25, 0.3) is 0 Å². The quantitative estimate of drug-likeness (QED) is 0.135. The molecule has 5 nitrogen and oxygen atoms in total. The molecule has 1 unspecified atom stereocenters. The molecular formula is C30H35NO4S. The number of aromatic nitrogens is 1. The Kier molecular flexibility index (Phi) is 10.5. The van der Waals surface area contributed by atoms with Crippen LogP contribution in [0.15, 0.2) is 54.3 Å². The van der Waals surface area contributed by atoms with Crippen LogP contribution in [0.1, 0.15) is 42.5 Å². The number of benzene rings is 1. The lowest BCUT2D eigenvalue weighted by atomic mass is 9.98. The van der Waals surface area contributed by atoms with Gasteiger partial charge in [-0.15, -0.1) is 6.42 Å². The van der Waals surface area contributed by atoms with Gasteiger partial charge in [0, 0.05) is 17.3 Å². The summed E-state index contributed by atoms with van der Waals surface area (Å²) in [6.07, 6.45) is 16.2. The number of ether oxygens (including phenoxy) is 2. The molecule has 0 spiro atoms. The molecule has 2 aromatic rings. The van der Waals surface area contributed by atoms with E-state index in [9.17, 15) is 4.79 Å². The van der Waals surface area contributed by atoms with Gasteiger partial charge in [-0.1, -0.05) is 24.1 Å². The number of carbonyl (C=O) groups is 1. The number of allylic oxidation sites excluding steroid dienone is 3. The number of pyridine rings is 1. The summed E-state index contributed by atoms with van der Waals surface area (Å²) in [6, 6.07) is 10.3. The minimum absolute atomic E-state index is 0.186. The van der Waals surface area contributed by atoms with Crippen LogP contribution in [0.2, 0.25) is 0 Å². The topological polar surface area (TPSA) is 68.7 Å². The summed E-state index contributed by atoms with van der Waals surface area (Å²) in [5, 5.41) is 9.08. The third-order valence-corrected chi connectivity index (χ3v) is 6.90. The molecule has 1 aromatic heterocycles. The van der Waals surface area contributed by atoms with Crippen LogP contribution in [0.5, 0.6) is 5.88 Å². The molecule has 1 N–H and O–H groups in total. The summed E-state index contributed by atoms with van der Waals surface area (Å²) in [5.41, 5.74) is 5.29. The molecule has 1 aromatic carbocycles. The van der Waals surface area contributed by atoms with Gasteiger partial charge in [0.2, 0.25) is 5.88 Å². The molecule has 1 aliphatic rings. The third-order valence-electron chi connectivity index (χ3n) is 6.20. The summed E-state index contributed by atoms with van der Waals surface area (Å²) in [5.74, 6) is 4.33. The van der Waals surface area contributed by atoms with Crippen LogP contribution in [0.4, 0.5) is 0 Å². The molecule has 36 heavy (non-hydrogen) atoms. The maximum atomic E-state index is 11.0. The van der Waals surface area contributed by atoms with E-state index in [0.717, 1.165) is 59.4 Å². The van der Waals surface area contributed by atoms with Gasteiger partial charge < -0.3 is 14.6 Å². The van der Waals surface area contributed by atoms with E-state index in [0.29, 0.717) is 24.9 Å². The second-order valence-electron chi connectivity index (χ2n) is 9.05. The number of carboxylic acid groups (broad SMARTS) is 1. The zero-order chi connectivity index (χ0) is 25.9.